The average molecular weight is 258 g/mol. The predicted molar refractivity (Wildman–Crippen MR) is 79.1 cm³/mol. The van der Waals surface area contributed by atoms with E-state index in [2.05, 4.69) is 58.0 Å². The maximum atomic E-state index is 5.98. The second kappa shape index (κ2) is 4.72. The molecule has 3 nitrogen and oxygen atoms in total. The molecule has 2 N–H and O–H groups in total. The summed E-state index contributed by atoms with van der Waals surface area (Å²) in [5.41, 5.74) is 11.4. The van der Waals surface area contributed by atoms with Crippen LogP contribution in [0.15, 0.2) is 22.7 Å². The molecule has 0 bridgehead atoms. The lowest BCUT2D eigenvalue weighted by Gasteiger charge is -2.21. The summed E-state index contributed by atoms with van der Waals surface area (Å²) in [5.74, 6) is 0.403. The molecule has 0 aliphatic heterocycles. The van der Waals surface area contributed by atoms with Gasteiger partial charge in [-0.2, -0.15) is 0 Å². The molecule has 0 aliphatic carbocycles. The molecule has 0 spiro atoms. The van der Waals surface area contributed by atoms with E-state index in [1.807, 2.05) is 0 Å². The molecule has 102 valence electrons. The first kappa shape index (κ1) is 13.7. The summed E-state index contributed by atoms with van der Waals surface area (Å²) in [4.78, 5) is 0. The first-order valence-corrected chi connectivity index (χ1v) is 6.70. The zero-order valence-corrected chi connectivity index (χ0v) is 12.4. The van der Waals surface area contributed by atoms with Gasteiger partial charge in [-0.05, 0) is 37.0 Å². The second-order valence-corrected chi connectivity index (χ2v) is 5.81. The molecule has 0 fully saturated rings. The van der Waals surface area contributed by atoms with Gasteiger partial charge in [-0.1, -0.05) is 44.1 Å². The SMILES string of the molecule is CCC(C)(C)c1noc(N)c1-c1ccc(C)c(C)c1. The Kier molecular flexibility index (Phi) is 3.40. The molecule has 0 radical (unpaired) electrons. The lowest BCUT2D eigenvalue weighted by molar-refractivity contribution is 0.391. The first-order valence-electron chi connectivity index (χ1n) is 6.70. The van der Waals surface area contributed by atoms with Crippen molar-refractivity contribution < 1.29 is 4.52 Å². The highest BCUT2D eigenvalue weighted by atomic mass is 16.5. The predicted octanol–water partition coefficient (Wildman–Crippen LogP) is 4.23. The van der Waals surface area contributed by atoms with Crippen LogP contribution in [0.1, 0.15) is 44.0 Å². The standard InChI is InChI=1S/C16H22N2O/c1-6-16(4,5)14-13(15(17)19-18-14)12-8-7-10(2)11(3)9-12/h7-9H,6,17H2,1-5H3. The summed E-state index contributed by atoms with van der Waals surface area (Å²) in [5, 5.41) is 4.19. The topological polar surface area (TPSA) is 52.0 Å². The van der Waals surface area contributed by atoms with E-state index in [1.165, 1.54) is 11.1 Å². The van der Waals surface area contributed by atoms with Gasteiger partial charge in [0, 0.05) is 5.41 Å². The monoisotopic (exact) mass is 258 g/mol. The van der Waals surface area contributed by atoms with Crippen LogP contribution in [0.3, 0.4) is 0 Å². The number of nitrogens with zero attached hydrogens (tertiary/aromatic N) is 1. The maximum Gasteiger partial charge on any atom is 0.230 e. The summed E-state index contributed by atoms with van der Waals surface area (Å²) >= 11 is 0. The number of nitrogen functional groups attached to an aromatic ring is 1. The minimum Gasteiger partial charge on any atom is -0.367 e. The van der Waals surface area contributed by atoms with E-state index >= 15 is 0 Å². The molecular formula is C16H22N2O. The Labute approximate surface area is 114 Å². The smallest absolute Gasteiger partial charge is 0.230 e. The van der Waals surface area contributed by atoms with Crippen LogP contribution in [0.2, 0.25) is 0 Å². The number of aryl methyl sites for hydroxylation is 2. The number of hydrogen-bond acceptors (Lipinski definition) is 3. The van der Waals surface area contributed by atoms with Crippen LogP contribution in [0.5, 0.6) is 0 Å². The molecule has 2 aromatic rings. The van der Waals surface area contributed by atoms with Gasteiger partial charge >= 0.3 is 0 Å². The third kappa shape index (κ3) is 2.37. The fraction of sp³-hybridized carbons (Fsp3) is 0.438. The molecule has 1 aromatic heterocycles. The van der Waals surface area contributed by atoms with E-state index in [4.69, 9.17) is 10.3 Å². The zero-order valence-electron chi connectivity index (χ0n) is 12.4. The number of benzene rings is 1. The number of rotatable bonds is 3. The van der Waals surface area contributed by atoms with E-state index in [1.54, 1.807) is 0 Å². The minimum atomic E-state index is -0.0464. The van der Waals surface area contributed by atoms with E-state index in [9.17, 15) is 0 Å². The Bertz CT molecular complexity index is 597. The highest BCUT2D eigenvalue weighted by Crippen LogP contribution is 2.38. The van der Waals surface area contributed by atoms with Crippen molar-refractivity contribution in [3.05, 3.63) is 35.0 Å². The van der Waals surface area contributed by atoms with Gasteiger partial charge in [-0.15, -0.1) is 0 Å². The third-order valence-electron chi connectivity index (χ3n) is 4.04. The largest absolute Gasteiger partial charge is 0.367 e. The normalized spacial score (nSPS) is 11.8. The Morgan fingerprint density at radius 2 is 1.89 bits per heavy atom. The summed E-state index contributed by atoms with van der Waals surface area (Å²) in [7, 11) is 0. The first-order chi connectivity index (χ1) is 8.86. The van der Waals surface area contributed by atoms with Crippen LogP contribution in [0.25, 0.3) is 11.1 Å². The number of anilines is 1. The molecular weight excluding hydrogens is 236 g/mol. The van der Waals surface area contributed by atoms with Gasteiger partial charge in [-0.25, -0.2) is 0 Å². The third-order valence-corrected chi connectivity index (χ3v) is 4.04. The molecule has 19 heavy (non-hydrogen) atoms. The highest BCUT2D eigenvalue weighted by molar-refractivity contribution is 5.76. The van der Waals surface area contributed by atoms with Gasteiger partial charge in [0.1, 0.15) is 0 Å². The quantitative estimate of drug-likeness (QED) is 0.896. The van der Waals surface area contributed by atoms with Crippen molar-refractivity contribution >= 4 is 5.88 Å². The molecule has 0 aliphatic rings. The summed E-state index contributed by atoms with van der Waals surface area (Å²) in [6, 6.07) is 6.34. The van der Waals surface area contributed by atoms with Crippen LogP contribution in [-0.2, 0) is 5.41 Å². The molecule has 2 rings (SSSR count). The van der Waals surface area contributed by atoms with Gasteiger partial charge in [-0.3, -0.25) is 0 Å². The summed E-state index contributed by atoms with van der Waals surface area (Å²) < 4.78 is 5.24. The van der Waals surface area contributed by atoms with Crippen molar-refractivity contribution in [3.8, 4) is 11.1 Å². The minimum absolute atomic E-state index is 0.0464. The van der Waals surface area contributed by atoms with Gasteiger partial charge in [0.15, 0.2) is 0 Å². The summed E-state index contributed by atoms with van der Waals surface area (Å²) in [6.07, 6.45) is 0.983. The Hall–Kier alpha value is -1.77. The molecule has 0 amide bonds. The van der Waals surface area contributed by atoms with Gasteiger partial charge in [0.05, 0.1) is 11.3 Å². The van der Waals surface area contributed by atoms with E-state index in [0.29, 0.717) is 5.88 Å². The lowest BCUT2D eigenvalue weighted by Crippen LogP contribution is -2.17. The Balaban J connectivity index is 2.62. The van der Waals surface area contributed by atoms with Crippen LogP contribution >= 0.6 is 0 Å². The molecule has 0 saturated carbocycles. The fourth-order valence-electron chi connectivity index (χ4n) is 2.11. The molecule has 3 heteroatoms. The average Bonchev–Trinajstić information content (AvgIpc) is 2.75. The van der Waals surface area contributed by atoms with Crippen LogP contribution in [0, 0.1) is 13.8 Å². The van der Waals surface area contributed by atoms with Crippen LogP contribution < -0.4 is 5.73 Å². The van der Waals surface area contributed by atoms with Crippen molar-refractivity contribution in [1.82, 2.24) is 5.16 Å². The Morgan fingerprint density at radius 3 is 2.47 bits per heavy atom. The van der Waals surface area contributed by atoms with Gasteiger partial charge < -0.3 is 10.3 Å². The fourth-order valence-corrected chi connectivity index (χ4v) is 2.11. The summed E-state index contributed by atoms with van der Waals surface area (Å²) in [6.45, 7) is 10.7. The molecule has 0 saturated heterocycles. The van der Waals surface area contributed by atoms with Crippen molar-refractivity contribution in [3.63, 3.8) is 0 Å². The van der Waals surface area contributed by atoms with Gasteiger partial charge in [0.2, 0.25) is 5.88 Å². The molecule has 0 unspecified atom stereocenters. The highest BCUT2D eigenvalue weighted by Gasteiger charge is 2.28. The van der Waals surface area contributed by atoms with Crippen molar-refractivity contribution in [2.45, 2.75) is 46.5 Å². The molecule has 0 atom stereocenters. The second-order valence-electron chi connectivity index (χ2n) is 5.81. The number of aromatic nitrogens is 1. The number of nitrogens with two attached hydrogens (primary N) is 1. The van der Waals surface area contributed by atoms with E-state index < -0.39 is 0 Å². The van der Waals surface area contributed by atoms with Gasteiger partial charge in [0.25, 0.3) is 0 Å². The molecule has 1 aromatic carbocycles. The van der Waals surface area contributed by atoms with Crippen LogP contribution in [-0.4, -0.2) is 5.16 Å². The molecule has 1 heterocycles. The van der Waals surface area contributed by atoms with E-state index in [0.717, 1.165) is 23.2 Å². The maximum absolute atomic E-state index is 5.98. The van der Waals surface area contributed by atoms with Crippen molar-refractivity contribution in [1.29, 1.82) is 0 Å². The van der Waals surface area contributed by atoms with Crippen LogP contribution in [0.4, 0.5) is 5.88 Å². The lowest BCUT2D eigenvalue weighted by atomic mass is 9.82. The van der Waals surface area contributed by atoms with Crippen molar-refractivity contribution in [2.24, 2.45) is 0 Å². The van der Waals surface area contributed by atoms with Crippen molar-refractivity contribution in [2.75, 3.05) is 5.73 Å². The Morgan fingerprint density at radius 1 is 1.21 bits per heavy atom. The van der Waals surface area contributed by atoms with E-state index in [-0.39, 0.29) is 5.41 Å². The zero-order chi connectivity index (χ0) is 14.2. The number of hydrogen-bond donors (Lipinski definition) is 1.